The largest absolute Gasteiger partial charge is 0.261 e. The number of aromatic nitrogens is 5. The minimum atomic E-state index is 0.352. The Kier molecular flexibility index (Phi) is 3.80. The summed E-state index contributed by atoms with van der Waals surface area (Å²) in [5, 5.41) is 19.9. The fraction of sp³-hybridized carbons (Fsp3) is 0. The van der Waals surface area contributed by atoms with Crippen LogP contribution in [0.25, 0.3) is 11.5 Å². The second kappa shape index (κ2) is 6.07. The lowest BCUT2D eigenvalue weighted by Crippen LogP contribution is -1.97. The van der Waals surface area contributed by atoms with Crippen LogP contribution in [0.2, 0.25) is 0 Å². The molecular formula is C14H9N7S. The highest BCUT2D eigenvalue weighted by molar-refractivity contribution is 7.71. The number of benzene rings is 1. The summed E-state index contributed by atoms with van der Waals surface area (Å²) in [5.74, 6) is 0.475. The summed E-state index contributed by atoms with van der Waals surface area (Å²) < 4.78 is 1.82. The smallest absolute Gasteiger partial charge is 0.216 e. The van der Waals surface area contributed by atoms with Crippen LogP contribution in [0, 0.1) is 16.1 Å². The summed E-state index contributed by atoms with van der Waals surface area (Å²) in [6.07, 6.45) is 6.36. The van der Waals surface area contributed by atoms with Crippen LogP contribution in [-0.2, 0) is 0 Å². The van der Waals surface area contributed by atoms with Crippen LogP contribution in [0.4, 0.5) is 0 Å². The minimum Gasteiger partial charge on any atom is -0.261 e. The molecule has 0 saturated carbocycles. The van der Waals surface area contributed by atoms with E-state index in [-0.39, 0.29) is 0 Å². The quantitative estimate of drug-likeness (QED) is 0.591. The number of hydrogen-bond acceptors (Lipinski definition) is 6. The first kappa shape index (κ1) is 13.8. The summed E-state index contributed by atoms with van der Waals surface area (Å²) >= 11 is 5.17. The lowest BCUT2D eigenvalue weighted by molar-refractivity contribution is 0.866. The van der Waals surface area contributed by atoms with Gasteiger partial charge in [-0.1, -0.05) is 12.1 Å². The van der Waals surface area contributed by atoms with Crippen LogP contribution < -0.4 is 0 Å². The highest BCUT2D eigenvalue weighted by atomic mass is 32.1. The second-order valence-corrected chi connectivity index (χ2v) is 4.62. The van der Waals surface area contributed by atoms with Gasteiger partial charge in [0.1, 0.15) is 5.69 Å². The Morgan fingerprint density at radius 2 is 2.09 bits per heavy atom. The fourth-order valence-electron chi connectivity index (χ4n) is 1.75. The number of nitrogens with zero attached hydrogens (tertiary/aromatic N) is 6. The Morgan fingerprint density at radius 3 is 2.77 bits per heavy atom. The zero-order valence-electron chi connectivity index (χ0n) is 11.2. The van der Waals surface area contributed by atoms with E-state index in [1.807, 2.05) is 0 Å². The molecule has 0 fully saturated rings. The molecule has 22 heavy (non-hydrogen) atoms. The Morgan fingerprint density at radius 1 is 1.27 bits per heavy atom. The molecule has 0 amide bonds. The summed E-state index contributed by atoms with van der Waals surface area (Å²) in [6, 6.07) is 9.11. The molecule has 0 aliphatic carbocycles. The number of hydrogen-bond donors (Lipinski definition) is 1. The highest BCUT2D eigenvalue weighted by Crippen LogP contribution is 2.12. The topological polar surface area (TPSA) is 95.5 Å². The molecule has 1 aromatic carbocycles. The molecule has 1 N–H and O–H groups in total. The van der Waals surface area contributed by atoms with Crippen molar-refractivity contribution < 1.29 is 0 Å². The lowest BCUT2D eigenvalue weighted by Gasteiger charge is -1.99. The zero-order valence-corrected chi connectivity index (χ0v) is 12.0. The summed E-state index contributed by atoms with van der Waals surface area (Å²) in [4.78, 5) is 8.18. The maximum atomic E-state index is 8.78. The molecule has 0 saturated heterocycles. The fourth-order valence-corrected chi connectivity index (χ4v) is 1.93. The number of aromatic amines is 1. The molecule has 2 heterocycles. The van der Waals surface area contributed by atoms with Crippen LogP contribution in [0.1, 0.15) is 11.1 Å². The van der Waals surface area contributed by atoms with Crippen molar-refractivity contribution in [1.82, 2.24) is 24.8 Å². The van der Waals surface area contributed by atoms with E-state index in [0.717, 1.165) is 5.56 Å². The van der Waals surface area contributed by atoms with Gasteiger partial charge in [0.2, 0.25) is 10.6 Å². The molecule has 8 heteroatoms. The van der Waals surface area contributed by atoms with Crippen molar-refractivity contribution in [3.05, 3.63) is 58.8 Å². The third kappa shape index (κ3) is 2.79. The van der Waals surface area contributed by atoms with Gasteiger partial charge in [-0.2, -0.15) is 20.1 Å². The molecule has 0 radical (unpaired) electrons. The molecule has 3 aromatic rings. The van der Waals surface area contributed by atoms with Crippen LogP contribution >= 0.6 is 12.2 Å². The van der Waals surface area contributed by atoms with Crippen LogP contribution in [0.15, 0.2) is 48.0 Å². The van der Waals surface area contributed by atoms with E-state index >= 15 is 0 Å². The standard InChI is InChI=1S/C14H9N7S/c15-7-10-1-3-11(4-2-10)8-18-21-13(19-20-14(21)22)12-9-16-5-6-17-12/h1-6,8-9H,(H,20,22)/b18-8+. The molecule has 0 bridgehead atoms. The molecule has 0 spiro atoms. The van der Waals surface area contributed by atoms with E-state index in [0.29, 0.717) is 21.9 Å². The molecule has 3 rings (SSSR count). The Balaban J connectivity index is 1.95. The first-order valence-electron chi connectivity index (χ1n) is 6.26. The van der Waals surface area contributed by atoms with Crippen molar-refractivity contribution >= 4 is 18.4 Å². The van der Waals surface area contributed by atoms with E-state index in [9.17, 15) is 0 Å². The van der Waals surface area contributed by atoms with Gasteiger partial charge in [-0.15, -0.1) is 0 Å². The Labute approximate surface area is 130 Å². The van der Waals surface area contributed by atoms with Crippen molar-refractivity contribution in [3.63, 3.8) is 0 Å². The van der Waals surface area contributed by atoms with E-state index in [1.165, 1.54) is 4.68 Å². The molecule has 0 aliphatic heterocycles. The van der Waals surface area contributed by atoms with Gasteiger partial charge in [0.05, 0.1) is 24.0 Å². The van der Waals surface area contributed by atoms with Crippen LogP contribution in [0.3, 0.4) is 0 Å². The van der Waals surface area contributed by atoms with E-state index < -0.39 is 0 Å². The monoisotopic (exact) mass is 307 g/mol. The first-order chi connectivity index (χ1) is 10.8. The molecule has 7 nitrogen and oxygen atoms in total. The first-order valence-corrected chi connectivity index (χ1v) is 6.67. The van der Waals surface area contributed by atoms with E-state index in [1.54, 1.807) is 49.1 Å². The highest BCUT2D eigenvalue weighted by Gasteiger charge is 2.09. The molecule has 106 valence electrons. The number of nitrogens with one attached hydrogen (secondary N) is 1. The van der Waals surface area contributed by atoms with Gasteiger partial charge in [0.15, 0.2) is 0 Å². The van der Waals surface area contributed by atoms with Crippen molar-refractivity contribution in [2.75, 3.05) is 0 Å². The Bertz CT molecular complexity index is 901. The van der Waals surface area contributed by atoms with E-state index in [2.05, 4.69) is 31.3 Å². The normalized spacial score (nSPS) is 10.7. The third-order valence-corrected chi connectivity index (χ3v) is 3.07. The predicted molar refractivity (Wildman–Crippen MR) is 82.6 cm³/mol. The average molecular weight is 307 g/mol. The summed E-state index contributed by atoms with van der Waals surface area (Å²) in [6.45, 7) is 0. The zero-order chi connectivity index (χ0) is 15.4. The molecule has 0 atom stereocenters. The van der Waals surface area contributed by atoms with Crippen molar-refractivity contribution in [3.8, 4) is 17.6 Å². The maximum Gasteiger partial charge on any atom is 0.216 e. The number of nitriles is 1. The predicted octanol–water partition coefficient (Wildman–Crippen LogP) is 2.15. The summed E-state index contributed by atoms with van der Waals surface area (Å²) in [7, 11) is 0. The molecule has 2 aromatic heterocycles. The van der Waals surface area contributed by atoms with Crippen molar-refractivity contribution in [2.45, 2.75) is 0 Å². The van der Waals surface area contributed by atoms with Gasteiger partial charge in [-0.25, -0.2) is 10.1 Å². The maximum absolute atomic E-state index is 8.78. The minimum absolute atomic E-state index is 0.352. The molecule has 0 aliphatic rings. The van der Waals surface area contributed by atoms with E-state index in [4.69, 9.17) is 17.5 Å². The Hall–Kier alpha value is -3.18. The van der Waals surface area contributed by atoms with Crippen LogP contribution in [-0.4, -0.2) is 31.1 Å². The third-order valence-electron chi connectivity index (χ3n) is 2.80. The van der Waals surface area contributed by atoms with Gasteiger partial charge < -0.3 is 0 Å². The van der Waals surface area contributed by atoms with Gasteiger partial charge in [0.25, 0.3) is 0 Å². The number of H-pyrrole nitrogens is 1. The lowest BCUT2D eigenvalue weighted by atomic mass is 10.2. The second-order valence-electron chi connectivity index (χ2n) is 4.23. The molecule has 0 unspecified atom stereocenters. The number of rotatable bonds is 3. The van der Waals surface area contributed by atoms with Gasteiger partial charge in [0, 0.05) is 12.4 Å². The SMILES string of the molecule is N#Cc1ccc(/C=N/n2c(-c3cnccn3)n[nH]c2=S)cc1. The van der Waals surface area contributed by atoms with Gasteiger partial charge in [-0.3, -0.25) is 4.98 Å². The average Bonchev–Trinajstić information content (AvgIpc) is 2.95. The van der Waals surface area contributed by atoms with Gasteiger partial charge in [-0.05, 0) is 29.9 Å². The van der Waals surface area contributed by atoms with Crippen molar-refractivity contribution in [2.24, 2.45) is 5.10 Å². The van der Waals surface area contributed by atoms with Crippen LogP contribution in [0.5, 0.6) is 0 Å². The molecular weight excluding hydrogens is 298 g/mol. The van der Waals surface area contributed by atoms with Gasteiger partial charge >= 0.3 is 0 Å². The van der Waals surface area contributed by atoms with Crippen molar-refractivity contribution in [1.29, 1.82) is 5.26 Å². The summed E-state index contributed by atoms with van der Waals surface area (Å²) in [5.41, 5.74) is 2.00.